The number of benzene rings is 2. The maximum atomic E-state index is 13.9. The zero-order valence-electron chi connectivity index (χ0n) is 23.3. The second-order valence-corrected chi connectivity index (χ2v) is 12.2. The molecule has 3 heterocycles. The molecule has 2 aromatic rings. The predicted octanol–water partition coefficient (Wildman–Crippen LogP) is 5.94. The number of nitrogens with zero attached hydrogens (tertiary/aromatic N) is 3. The zero-order valence-corrected chi connectivity index (χ0v) is 24.2. The molecule has 7 rings (SSSR count). The van der Waals surface area contributed by atoms with Crippen molar-refractivity contribution in [2.45, 2.75) is 43.6 Å². The van der Waals surface area contributed by atoms with E-state index >= 15 is 0 Å². The number of likely N-dealkylation sites (tertiary alicyclic amines) is 1. The van der Waals surface area contributed by atoms with Gasteiger partial charge in [0.2, 0.25) is 5.78 Å². The van der Waals surface area contributed by atoms with Crippen molar-refractivity contribution >= 4 is 34.9 Å². The first-order valence-corrected chi connectivity index (χ1v) is 15.3. The Hall–Kier alpha value is -4.14. The number of para-hydroxylation sites is 1. The van der Waals surface area contributed by atoms with E-state index in [0.29, 0.717) is 23.1 Å². The lowest BCUT2D eigenvalue weighted by Crippen LogP contribution is -2.32. The highest BCUT2D eigenvalue weighted by atomic mass is 32.2. The number of carbonyl (C=O) groups is 2. The minimum absolute atomic E-state index is 0.0539. The van der Waals surface area contributed by atoms with Crippen LogP contribution in [0.3, 0.4) is 0 Å². The van der Waals surface area contributed by atoms with Crippen LogP contribution in [-0.2, 0) is 9.59 Å². The van der Waals surface area contributed by atoms with Gasteiger partial charge in [-0.3, -0.25) is 9.59 Å². The normalized spacial score (nSPS) is 23.6. The number of allylic oxidation sites excluding steroid dienone is 7. The number of Topliss-reactive ketones (excluding diaryl/α,β-unsaturated/α-hetero) is 1. The summed E-state index contributed by atoms with van der Waals surface area (Å²) in [6, 6.07) is 16.9. The summed E-state index contributed by atoms with van der Waals surface area (Å²) < 4.78 is 0. The first-order valence-electron chi connectivity index (χ1n) is 14.4. The lowest BCUT2D eigenvalue weighted by atomic mass is 9.77. The van der Waals surface area contributed by atoms with Crippen LogP contribution in [-0.4, -0.2) is 52.1 Å². The number of hydrogen-bond acceptors (Lipinski definition) is 7. The van der Waals surface area contributed by atoms with E-state index in [9.17, 15) is 19.8 Å². The molecular weight excluding hydrogens is 546 g/mol. The number of aliphatic hydroxyl groups is 2. The molecule has 0 saturated carbocycles. The van der Waals surface area contributed by atoms with E-state index < -0.39 is 12.0 Å². The Labute approximate surface area is 248 Å². The summed E-state index contributed by atoms with van der Waals surface area (Å²) in [7, 11) is 0. The highest BCUT2D eigenvalue weighted by Gasteiger charge is 2.43. The molecule has 2 aromatic carbocycles. The van der Waals surface area contributed by atoms with Crippen LogP contribution >= 0.6 is 11.8 Å². The number of rotatable bonds is 4. The molecule has 1 saturated heterocycles. The van der Waals surface area contributed by atoms with E-state index in [2.05, 4.69) is 26.9 Å². The fraction of sp³-hybridized carbons (Fsp3) is 0.265. The number of amides is 1. The number of hydrogen-bond donors (Lipinski definition) is 2. The molecule has 0 radical (unpaired) electrons. The summed E-state index contributed by atoms with van der Waals surface area (Å²) in [5.74, 6) is -1.02. The Balaban J connectivity index is 1.31. The molecule has 0 spiro atoms. The number of aliphatic hydroxyl groups excluding tert-OH is 2. The van der Waals surface area contributed by atoms with Gasteiger partial charge in [0.05, 0.1) is 27.6 Å². The number of fused-ring (bicyclic) bond motifs is 3. The average Bonchev–Trinajstić information content (AvgIpc) is 3.68. The van der Waals surface area contributed by atoms with Gasteiger partial charge in [-0.25, -0.2) is 4.99 Å². The van der Waals surface area contributed by atoms with Crippen molar-refractivity contribution in [1.29, 1.82) is 0 Å². The number of aliphatic imine (C=N–C) groups is 1. The highest BCUT2D eigenvalue weighted by Crippen LogP contribution is 2.52. The van der Waals surface area contributed by atoms with E-state index in [4.69, 9.17) is 0 Å². The third-order valence-corrected chi connectivity index (χ3v) is 9.74. The van der Waals surface area contributed by atoms with Gasteiger partial charge in [0.1, 0.15) is 5.76 Å². The van der Waals surface area contributed by atoms with E-state index in [1.54, 1.807) is 36.0 Å². The molecule has 0 bridgehead atoms. The number of thioether (sulfide) groups is 1. The van der Waals surface area contributed by atoms with Crippen molar-refractivity contribution in [2.75, 3.05) is 24.5 Å². The van der Waals surface area contributed by atoms with Crippen molar-refractivity contribution in [2.24, 2.45) is 4.99 Å². The molecule has 8 heteroatoms. The summed E-state index contributed by atoms with van der Waals surface area (Å²) in [6.45, 7) is 4.65. The lowest BCUT2D eigenvalue weighted by molar-refractivity contribution is -0.126. The molecule has 1 unspecified atom stereocenters. The fourth-order valence-electron chi connectivity index (χ4n) is 6.40. The molecule has 42 heavy (non-hydrogen) atoms. The van der Waals surface area contributed by atoms with Crippen LogP contribution in [0.2, 0.25) is 0 Å². The Morgan fingerprint density at radius 2 is 1.69 bits per heavy atom. The van der Waals surface area contributed by atoms with Gasteiger partial charge in [0, 0.05) is 35.8 Å². The van der Waals surface area contributed by atoms with Crippen LogP contribution in [0.5, 0.6) is 0 Å². The van der Waals surface area contributed by atoms with Crippen LogP contribution in [0, 0.1) is 0 Å². The van der Waals surface area contributed by atoms with Crippen molar-refractivity contribution in [1.82, 2.24) is 4.90 Å². The summed E-state index contributed by atoms with van der Waals surface area (Å²) >= 11 is 1.64. The van der Waals surface area contributed by atoms with Gasteiger partial charge >= 0.3 is 0 Å². The first-order chi connectivity index (χ1) is 20.4. The highest BCUT2D eigenvalue weighted by molar-refractivity contribution is 8.03. The molecule has 7 nitrogen and oxygen atoms in total. The Kier molecular flexibility index (Phi) is 6.75. The van der Waals surface area contributed by atoms with Crippen LogP contribution in [0.25, 0.3) is 0 Å². The Bertz CT molecular complexity index is 1710. The van der Waals surface area contributed by atoms with Gasteiger partial charge in [-0.2, -0.15) is 0 Å². The third kappa shape index (κ3) is 4.37. The van der Waals surface area contributed by atoms with E-state index in [-0.39, 0.29) is 22.8 Å². The first kappa shape index (κ1) is 26.7. The largest absolute Gasteiger partial charge is 0.506 e. The molecule has 2 aliphatic carbocycles. The minimum atomic E-state index is -1.43. The molecule has 212 valence electrons. The van der Waals surface area contributed by atoms with Crippen LogP contribution < -0.4 is 4.90 Å². The second kappa shape index (κ2) is 10.6. The van der Waals surface area contributed by atoms with Crippen molar-refractivity contribution in [3.63, 3.8) is 0 Å². The number of ketones is 1. The average molecular weight is 578 g/mol. The molecule has 0 aromatic heterocycles. The lowest BCUT2D eigenvalue weighted by Gasteiger charge is -2.33. The Morgan fingerprint density at radius 3 is 2.45 bits per heavy atom. The summed E-state index contributed by atoms with van der Waals surface area (Å²) in [4.78, 5) is 37.1. The van der Waals surface area contributed by atoms with Gasteiger partial charge in [0.15, 0.2) is 6.10 Å². The predicted molar refractivity (Wildman–Crippen MR) is 164 cm³/mol. The zero-order chi connectivity index (χ0) is 29.0. The van der Waals surface area contributed by atoms with Gasteiger partial charge in [0.25, 0.3) is 5.91 Å². The molecule has 2 N–H and O–H groups in total. The molecule has 1 amide bonds. The second-order valence-electron chi connectivity index (χ2n) is 11.1. The standard InChI is InChI=1S/C34H31N3O4S/c1-20-18-23(24(19-26(20)36-15-7-8-16-36)35-33(41)30(38)21-10-3-2-4-11-21)29-31(39)28(32(29)40)22-12-9-17-37-25-13-5-6-14-27(25)42-34(22)37/h2-6,10-11,13-14,18-19,30,38-39H,7-9,12,15-17H2,1H3. The van der Waals surface area contributed by atoms with Gasteiger partial charge in [-0.05, 0) is 73.6 Å². The topological polar surface area (TPSA) is 93.4 Å². The van der Waals surface area contributed by atoms with Crippen molar-refractivity contribution in [3.05, 3.63) is 117 Å². The maximum Gasteiger partial charge on any atom is 0.279 e. The minimum Gasteiger partial charge on any atom is -0.506 e. The van der Waals surface area contributed by atoms with Gasteiger partial charge < -0.3 is 20.0 Å². The van der Waals surface area contributed by atoms with Crippen molar-refractivity contribution in [3.8, 4) is 0 Å². The summed E-state index contributed by atoms with van der Waals surface area (Å²) in [5.41, 5.74) is 5.56. The summed E-state index contributed by atoms with van der Waals surface area (Å²) in [5, 5.41) is 23.2. The SMILES string of the molecule is CC1=CC(=C2C(=O)C(C3=C4Sc5ccccc5N4CCC3)=C2O)C(=NC(=O)C(O)c2ccccc2)C=C1N1CCCC1. The van der Waals surface area contributed by atoms with Crippen molar-refractivity contribution < 1.29 is 19.8 Å². The van der Waals surface area contributed by atoms with Gasteiger partial charge in [-0.1, -0.05) is 54.2 Å². The Morgan fingerprint density at radius 1 is 0.952 bits per heavy atom. The van der Waals surface area contributed by atoms with Crippen LogP contribution in [0.4, 0.5) is 5.69 Å². The molecule has 1 fully saturated rings. The number of carbonyl (C=O) groups excluding carboxylic acids is 2. The molecule has 1 atom stereocenters. The van der Waals surface area contributed by atoms with Crippen LogP contribution in [0.1, 0.15) is 44.3 Å². The molecular formula is C34H31N3O4S. The molecule has 5 aliphatic rings. The van der Waals surface area contributed by atoms with Crippen LogP contribution in [0.15, 0.2) is 121 Å². The van der Waals surface area contributed by atoms with E-state index in [0.717, 1.165) is 71.4 Å². The number of anilines is 1. The summed E-state index contributed by atoms with van der Waals surface area (Å²) in [6.07, 6.45) is 5.99. The quantitative estimate of drug-likeness (QED) is 0.435. The fourth-order valence-corrected chi connectivity index (χ4v) is 7.67. The third-order valence-electron chi connectivity index (χ3n) is 8.51. The monoisotopic (exact) mass is 577 g/mol. The van der Waals surface area contributed by atoms with E-state index in [1.807, 2.05) is 37.3 Å². The van der Waals surface area contributed by atoms with E-state index in [1.165, 1.54) is 0 Å². The molecule has 3 aliphatic heterocycles. The van der Waals surface area contributed by atoms with Gasteiger partial charge in [-0.15, -0.1) is 0 Å². The maximum absolute atomic E-state index is 13.9. The smallest absolute Gasteiger partial charge is 0.279 e.